The molecule has 2 heterocycles. The number of pyridine rings is 1. The fraction of sp³-hybridized carbons (Fsp3) is 0.333. The Morgan fingerprint density at radius 2 is 2.25 bits per heavy atom. The zero-order valence-corrected chi connectivity index (χ0v) is 10.3. The van der Waals surface area contributed by atoms with Crippen LogP contribution in [0.4, 0.5) is 0 Å². The maximum atomic E-state index is 4.27. The van der Waals surface area contributed by atoms with Crippen molar-refractivity contribution >= 4 is 11.3 Å². The minimum absolute atomic E-state index is 0.341. The molecule has 0 amide bonds. The van der Waals surface area contributed by atoms with E-state index in [9.17, 15) is 0 Å². The molecule has 2 rings (SSSR count). The Bertz CT molecular complexity index is 422. The molecule has 2 aromatic heterocycles. The highest BCUT2D eigenvalue weighted by atomic mass is 32.1. The number of hydrogen-bond acceptors (Lipinski definition) is 4. The van der Waals surface area contributed by atoms with Gasteiger partial charge in [-0.1, -0.05) is 6.07 Å². The molecule has 2 aromatic rings. The normalized spacial score (nSPS) is 12.6. The van der Waals surface area contributed by atoms with Crippen molar-refractivity contribution in [2.45, 2.75) is 26.4 Å². The molecule has 0 radical (unpaired) electrons. The maximum absolute atomic E-state index is 4.27. The van der Waals surface area contributed by atoms with Gasteiger partial charge in [0.15, 0.2) is 0 Å². The summed E-state index contributed by atoms with van der Waals surface area (Å²) in [7, 11) is 0. The van der Waals surface area contributed by atoms with Crippen LogP contribution < -0.4 is 5.32 Å². The molecule has 3 nitrogen and oxygen atoms in total. The van der Waals surface area contributed by atoms with E-state index in [4.69, 9.17) is 0 Å². The van der Waals surface area contributed by atoms with E-state index in [-0.39, 0.29) is 0 Å². The van der Waals surface area contributed by atoms with Gasteiger partial charge in [-0.2, -0.15) is 0 Å². The first-order valence-corrected chi connectivity index (χ1v) is 6.17. The Hall–Kier alpha value is -1.26. The van der Waals surface area contributed by atoms with Gasteiger partial charge in [-0.3, -0.25) is 9.97 Å². The highest BCUT2D eigenvalue weighted by Gasteiger charge is 2.05. The summed E-state index contributed by atoms with van der Waals surface area (Å²) in [6, 6.07) is 4.48. The summed E-state index contributed by atoms with van der Waals surface area (Å²) in [5.74, 6) is 0. The van der Waals surface area contributed by atoms with Crippen LogP contribution in [0.3, 0.4) is 0 Å². The first-order valence-electron chi connectivity index (χ1n) is 5.29. The molecule has 1 unspecified atom stereocenters. The quantitative estimate of drug-likeness (QED) is 0.882. The molecular formula is C12H15N3S. The molecule has 84 valence electrons. The Balaban J connectivity index is 1.90. The third-order valence-electron chi connectivity index (χ3n) is 2.46. The third kappa shape index (κ3) is 2.87. The average Bonchev–Trinajstić information content (AvgIpc) is 2.81. The van der Waals surface area contributed by atoms with Crippen LogP contribution in [0.5, 0.6) is 0 Å². The lowest BCUT2D eigenvalue weighted by Crippen LogP contribution is -2.17. The van der Waals surface area contributed by atoms with Gasteiger partial charge in [0.25, 0.3) is 0 Å². The van der Waals surface area contributed by atoms with Crippen LogP contribution in [-0.4, -0.2) is 9.97 Å². The van der Waals surface area contributed by atoms with Crippen molar-refractivity contribution in [3.8, 4) is 0 Å². The van der Waals surface area contributed by atoms with E-state index in [1.807, 2.05) is 30.9 Å². The number of thiazole rings is 1. The lowest BCUT2D eigenvalue weighted by atomic mass is 10.2. The highest BCUT2D eigenvalue weighted by Crippen LogP contribution is 2.16. The number of aromatic nitrogens is 2. The van der Waals surface area contributed by atoms with Crippen molar-refractivity contribution in [1.82, 2.24) is 15.3 Å². The Labute approximate surface area is 99.6 Å². The van der Waals surface area contributed by atoms with Gasteiger partial charge in [-0.15, -0.1) is 11.3 Å². The molecule has 0 aliphatic rings. The first-order chi connectivity index (χ1) is 7.75. The van der Waals surface area contributed by atoms with Crippen molar-refractivity contribution in [2.24, 2.45) is 0 Å². The highest BCUT2D eigenvalue weighted by molar-refractivity contribution is 7.09. The fourth-order valence-electron chi connectivity index (χ4n) is 1.41. The second-order valence-electron chi connectivity index (χ2n) is 3.81. The molecule has 0 aromatic carbocycles. The van der Waals surface area contributed by atoms with E-state index < -0.39 is 0 Å². The van der Waals surface area contributed by atoms with Crippen molar-refractivity contribution in [3.05, 3.63) is 46.2 Å². The summed E-state index contributed by atoms with van der Waals surface area (Å²) in [5, 5.41) is 3.45. The summed E-state index contributed by atoms with van der Waals surface area (Å²) in [6.07, 6.45) is 3.83. The van der Waals surface area contributed by atoms with E-state index in [0.717, 1.165) is 12.2 Å². The number of rotatable bonds is 4. The SMILES string of the molecule is Cc1ccc(CNC(C)c2cncs2)cn1. The van der Waals surface area contributed by atoms with Crippen molar-refractivity contribution < 1.29 is 0 Å². The number of nitrogens with one attached hydrogen (secondary N) is 1. The largest absolute Gasteiger partial charge is 0.305 e. The van der Waals surface area contributed by atoms with Crippen molar-refractivity contribution in [1.29, 1.82) is 0 Å². The van der Waals surface area contributed by atoms with E-state index in [1.165, 1.54) is 10.4 Å². The minimum atomic E-state index is 0.341. The Morgan fingerprint density at radius 3 is 2.88 bits per heavy atom. The predicted octanol–water partition coefficient (Wildman–Crippen LogP) is 2.70. The maximum Gasteiger partial charge on any atom is 0.0794 e. The summed E-state index contributed by atoms with van der Waals surface area (Å²) < 4.78 is 0. The van der Waals surface area contributed by atoms with Gasteiger partial charge in [0.05, 0.1) is 5.51 Å². The van der Waals surface area contributed by atoms with Crippen LogP contribution in [-0.2, 0) is 6.54 Å². The van der Waals surface area contributed by atoms with Gasteiger partial charge < -0.3 is 5.32 Å². The van der Waals surface area contributed by atoms with Crippen LogP contribution in [0, 0.1) is 6.92 Å². The monoisotopic (exact) mass is 233 g/mol. The molecule has 0 saturated carbocycles. The summed E-state index contributed by atoms with van der Waals surface area (Å²) in [5.41, 5.74) is 4.13. The Kier molecular flexibility index (Phi) is 3.64. The summed E-state index contributed by atoms with van der Waals surface area (Å²) >= 11 is 1.68. The van der Waals surface area contributed by atoms with Gasteiger partial charge in [0, 0.05) is 35.6 Å². The zero-order chi connectivity index (χ0) is 11.4. The number of hydrogen-bond donors (Lipinski definition) is 1. The van der Waals surface area contributed by atoms with Crippen LogP contribution in [0.1, 0.15) is 29.1 Å². The summed E-state index contributed by atoms with van der Waals surface area (Å²) in [4.78, 5) is 9.61. The second-order valence-corrected chi connectivity index (χ2v) is 4.73. The average molecular weight is 233 g/mol. The number of nitrogens with zero attached hydrogens (tertiary/aromatic N) is 2. The molecule has 0 bridgehead atoms. The molecule has 1 N–H and O–H groups in total. The van der Waals surface area contributed by atoms with E-state index in [0.29, 0.717) is 6.04 Å². The van der Waals surface area contributed by atoms with Gasteiger partial charge in [0.2, 0.25) is 0 Å². The molecule has 4 heteroatoms. The third-order valence-corrected chi connectivity index (χ3v) is 3.42. The zero-order valence-electron chi connectivity index (χ0n) is 9.47. The molecule has 0 fully saturated rings. The Morgan fingerprint density at radius 1 is 1.38 bits per heavy atom. The molecule has 0 spiro atoms. The van der Waals surface area contributed by atoms with Crippen LogP contribution in [0.15, 0.2) is 30.0 Å². The lowest BCUT2D eigenvalue weighted by Gasteiger charge is -2.11. The van der Waals surface area contributed by atoms with E-state index in [2.05, 4.69) is 28.3 Å². The topological polar surface area (TPSA) is 37.8 Å². The second kappa shape index (κ2) is 5.18. The first kappa shape index (κ1) is 11.2. The van der Waals surface area contributed by atoms with Crippen molar-refractivity contribution in [3.63, 3.8) is 0 Å². The standard InChI is InChI=1S/C12H15N3S/c1-9-3-4-11(5-14-9)6-15-10(2)12-7-13-8-16-12/h3-5,7-8,10,15H,6H2,1-2H3. The van der Waals surface area contributed by atoms with Crippen LogP contribution >= 0.6 is 11.3 Å². The van der Waals surface area contributed by atoms with Gasteiger partial charge in [-0.25, -0.2) is 0 Å². The minimum Gasteiger partial charge on any atom is -0.305 e. The van der Waals surface area contributed by atoms with Crippen LogP contribution in [0.25, 0.3) is 0 Å². The van der Waals surface area contributed by atoms with E-state index in [1.54, 1.807) is 11.3 Å². The van der Waals surface area contributed by atoms with Gasteiger partial charge in [-0.05, 0) is 25.5 Å². The molecule has 0 aliphatic carbocycles. The lowest BCUT2D eigenvalue weighted by molar-refractivity contribution is 0.581. The van der Waals surface area contributed by atoms with E-state index >= 15 is 0 Å². The van der Waals surface area contributed by atoms with Gasteiger partial charge >= 0.3 is 0 Å². The van der Waals surface area contributed by atoms with Crippen LogP contribution in [0.2, 0.25) is 0 Å². The fourth-order valence-corrected chi connectivity index (χ4v) is 2.07. The predicted molar refractivity (Wildman–Crippen MR) is 66.3 cm³/mol. The van der Waals surface area contributed by atoms with Gasteiger partial charge in [0.1, 0.15) is 0 Å². The molecule has 0 aliphatic heterocycles. The summed E-state index contributed by atoms with van der Waals surface area (Å²) in [6.45, 7) is 4.98. The molecular weight excluding hydrogens is 218 g/mol. The molecule has 1 atom stereocenters. The number of aryl methyl sites for hydroxylation is 1. The molecule has 16 heavy (non-hydrogen) atoms. The van der Waals surface area contributed by atoms with Crippen molar-refractivity contribution in [2.75, 3.05) is 0 Å². The molecule has 0 saturated heterocycles. The smallest absolute Gasteiger partial charge is 0.0794 e.